The van der Waals surface area contributed by atoms with E-state index in [0.29, 0.717) is 6.04 Å². The molecule has 0 unspecified atom stereocenters. The minimum absolute atomic E-state index is 0.629. The lowest BCUT2D eigenvalue weighted by Crippen LogP contribution is -2.30. The van der Waals surface area contributed by atoms with E-state index in [1.165, 1.54) is 22.3 Å². The van der Waals surface area contributed by atoms with Crippen LogP contribution in [0.15, 0.2) is 15.9 Å². The first-order valence-electron chi connectivity index (χ1n) is 5.11. The fourth-order valence-electron chi connectivity index (χ4n) is 1.43. The molecule has 1 aromatic heterocycles. The van der Waals surface area contributed by atoms with Crippen molar-refractivity contribution in [2.75, 3.05) is 6.54 Å². The van der Waals surface area contributed by atoms with Gasteiger partial charge >= 0.3 is 0 Å². The summed E-state index contributed by atoms with van der Waals surface area (Å²) in [7, 11) is 0. The molecule has 1 aromatic rings. The molecule has 0 amide bonds. The lowest BCUT2D eigenvalue weighted by Gasteiger charge is -2.25. The summed E-state index contributed by atoms with van der Waals surface area (Å²) in [5.74, 6) is 0. The molecule has 1 nitrogen and oxygen atoms in total. The molecular weight excluding hydrogens is 258 g/mol. The first-order chi connectivity index (χ1) is 6.65. The Morgan fingerprint density at radius 3 is 2.64 bits per heavy atom. The van der Waals surface area contributed by atoms with Gasteiger partial charge in [0.15, 0.2) is 0 Å². The molecule has 0 atom stereocenters. The van der Waals surface area contributed by atoms with Crippen LogP contribution in [0.5, 0.6) is 0 Å². The summed E-state index contributed by atoms with van der Waals surface area (Å²) in [5, 5.41) is 2.14. The maximum absolute atomic E-state index is 3.58. The molecule has 80 valence electrons. The molecule has 0 aromatic carbocycles. The predicted octanol–water partition coefficient (Wildman–Crippen LogP) is 4.13. The van der Waals surface area contributed by atoms with Crippen LogP contribution in [0.25, 0.3) is 0 Å². The van der Waals surface area contributed by atoms with Crippen molar-refractivity contribution in [3.05, 3.63) is 20.8 Å². The van der Waals surface area contributed by atoms with Crippen LogP contribution in [0, 0.1) is 0 Å². The highest BCUT2D eigenvalue weighted by Gasteiger charge is 2.11. The summed E-state index contributed by atoms with van der Waals surface area (Å²) in [6.45, 7) is 9.01. The van der Waals surface area contributed by atoms with Crippen molar-refractivity contribution < 1.29 is 0 Å². The van der Waals surface area contributed by atoms with Crippen LogP contribution in [0.2, 0.25) is 0 Å². The number of hydrogen-bond acceptors (Lipinski definition) is 2. The van der Waals surface area contributed by atoms with Crippen molar-refractivity contribution in [1.29, 1.82) is 0 Å². The molecule has 0 spiro atoms. The van der Waals surface area contributed by atoms with Crippen molar-refractivity contribution in [2.24, 2.45) is 0 Å². The molecule has 0 bridgehead atoms. The van der Waals surface area contributed by atoms with Crippen LogP contribution >= 0.6 is 27.3 Å². The molecule has 0 N–H and O–H groups in total. The first kappa shape index (κ1) is 12.2. The Hall–Kier alpha value is 0.140. The monoisotopic (exact) mass is 275 g/mol. The third kappa shape index (κ3) is 3.37. The van der Waals surface area contributed by atoms with Gasteiger partial charge in [-0.3, -0.25) is 4.90 Å². The summed E-state index contributed by atoms with van der Waals surface area (Å²) in [6.07, 6.45) is 1.22. The van der Waals surface area contributed by atoms with Gasteiger partial charge in [0.25, 0.3) is 0 Å². The minimum Gasteiger partial charge on any atom is -0.296 e. The van der Waals surface area contributed by atoms with Gasteiger partial charge in [-0.1, -0.05) is 6.92 Å². The molecule has 0 saturated carbocycles. The van der Waals surface area contributed by atoms with E-state index in [9.17, 15) is 0 Å². The minimum atomic E-state index is 0.629. The zero-order valence-electron chi connectivity index (χ0n) is 9.09. The standard InChI is InChI=1S/C11H18BrNS/c1-4-6-13(9(2)3)8-11-10(12)5-7-14-11/h5,7,9H,4,6,8H2,1-3H3. The highest BCUT2D eigenvalue weighted by molar-refractivity contribution is 9.10. The van der Waals surface area contributed by atoms with Crippen molar-refractivity contribution in [3.8, 4) is 0 Å². The predicted molar refractivity (Wildman–Crippen MR) is 67.9 cm³/mol. The molecule has 0 aliphatic rings. The van der Waals surface area contributed by atoms with Crippen LogP contribution < -0.4 is 0 Å². The van der Waals surface area contributed by atoms with Gasteiger partial charge in [0, 0.05) is 21.9 Å². The SMILES string of the molecule is CCCN(Cc1sccc1Br)C(C)C. The number of rotatable bonds is 5. The topological polar surface area (TPSA) is 3.24 Å². The summed E-state index contributed by atoms with van der Waals surface area (Å²) in [4.78, 5) is 3.95. The summed E-state index contributed by atoms with van der Waals surface area (Å²) in [5.41, 5.74) is 0. The van der Waals surface area contributed by atoms with Gasteiger partial charge < -0.3 is 0 Å². The van der Waals surface area contributed by atoms with Crippen molar-refractivity contribution in [1.82, 2.24) is 4.90 Å². The zero-order chi connectivity index (χ0) is 10.6. The summed E-state index contributed by atoms with van der Waals surface area (Å²) >= 11 is 5.41. The first-order valence-corrected chi connectivity index (χ1v) is 6.78. The average Bonchev–Trinajstić information content (AvgIpc) is 2.51. The largest absolute Gasteiger partial charge is 0.296 e. The molecule has 0 aliphatic carbocycles. The van der Waals surface area contributed by atoms with Crippen LogP contribution in [-0.2, 0) is 6.54 Å². The highest BCUT2D eigenvalue weighted by Crippen LogP contribution is 2.24. The number of halogens is 1. The molecular formula is C11H18BrNS. The molecule has 0 aliphatic heterocycles. The highest BCUT2D eigenvalue weighted by atomic mass is 79.9. The van der Waals surface area contributed by atoms with E-state index in [1.807, 2.05) is 11.3 Å². The van der Waals surface area contributed by atoms with E-state index in [-0.39, 0.29) is 0 Å². The summed E-state index contributed by atoms with van der Waals surface area (Å²) in [6, 6.07) is 2.76. The molecule has 14 heavy (non-hydrogen) atoms. The normalized spacial score (nSPS) is 11.6. The second kappa shape index (κ2) is 5.89. The smallest absolute Gasteiger partial charge is 0.0341 e. The number of thiophene rings is 1. The molecule has 0 saturated heterocycles. The maximum Gasteiger partial charge on any atom is 0.0341 e. The van der Waals surface area contributed by atoms with Crippen LogP contribution in [0.4, 0.5) is 0 Å². The quantitative estimate of drug-likeness (QED) is 0.781. The number of nitrogens with zero attached hydrogens (tertiary/aromatic N) is 1. The van der Waals surface area contributed by atoms with E-state index < -0.39 is 0 Å². The van der Waals surface area contributed by atoms with Gasteiger partial charge in [0.2, 0.25) is 0 Å². The second-order valence-electron chi connectivity index (χ2n) is 3.76. The van der Waals surface area contributed by atoms with Crippen molar-refractivity contribution >= 4 is 27.3 Å². The second-order valence-corrected chi connectivity index (χ2v) is 5.61. The Kier molecular flexibility index (Phi) is 5.13. The third-order valence-corrected chi connectivity index (χ3v) is 4.19. The Labute approximate surface area is 99.3 Å². The van der Waals surface area contributed by atoms with Gasteiger partial charge in [-0.2, -0.15) is 0 Å². The molecule has 1 heterocycles. The maximum atomic E-state index is 3.58. The molecule has 0 fully saturated rings. The van der Waals surface area contributed by atoms with E-state index in [1.54, 1.807) is 0 Å². The third-order valence-electron chi connectivity index (χ3n) is 2.28. The molecule has 1 rings (SSSR count). The number of hydrogen-bond donors (Lipinski definition) is 0. The van der Waals surface area contributed by atoms with Gasteiger partial charge in [-0.25, -0.2) is 0 Å². The van der Waals surface area contributed by atoms with E-state index >= 15 is 0 Å². The molecule has 0 radical (unpaired) electrons. The lowest BCUT2D eigenvalue weighted by molar-refractivity contribution is 0.215. The van der Waals surface area contributed by atoms with Gasteiger partial charge in [-0.05, 0) is 54.2 Å². The van der Waals surface area contributed by atoms with Gasteiger partial charge in [-0.15, -0.1) is 11.3 Å². The average molecular weight is 276 g/mol. The van der Waals surface area contributed by atoms with Gasteiger partial charge in [0.1, 0.15) is 0 Å². The lowest BCUT2D eigenvalue weighted by atomic mass is 10.3. The fourth-order valence-corrected chi connectivity index (χ4v) is 2.93. The van der Waals surface area contributed by atoms with E-state index in [4.69, 9.17) is 0 Å². The Morgan fingerprint density at radius 1 is 1.50 bits per heavy atom. The summed E-state index contributed by atoms with van der Waals surface area (Å²) < 4.78 is 1.25. The Bertz CT molecular complexity index is 270. The fraction of sp³-hybridized carbons (Fsp3) is 0.636. The van der Waals surface area contributed by atoms with Crippen molar-refractivity contribution in [2.45, 2.75) is 39.8 Å². The zero-order valence-corrected chi connectivity index (χ0v) is 11.5. The Balaban J connectivity index is 2.60. The van der Waals surface area contributed by atoms with E-state index in [2.05, 4.69) is 53.0 Å². The van der Waals surface area contributed by atoms with Crippen LogP contribution in [-0.4, -0.2) is 17.5 Å². The van der Waals surface area contributed by atoms with E-state index in [0.717, 1.165) is 6.54 Å². The van der Waals surface area contributed by atoms with Crippen LogP contribution in [0.3, 0.4) is 0 Å². The van der Waals surface area contributed by atoms with Crippen molar-refractivity contribution in [3.63, 3.8) is 0 Å². The van der Waals surface area contributed by atoms with Gasteiger partial charge in [0.05, 0.1) is 0 Å². The van der Waals surface area contributed by atoms with Crippen LogP contribution in [0.1, 0.15) is 32.1 Å². The molecule has 3 heteroatoms. The Morgan fingerprint density at radius 2 is 2.21 bits per heavy atom.